The molecule has 0 spiro atoms. The summed E-state index contributed by atoms with van der Waals surface area (Å²) < 4.78 is 72.2. The van der Waals surface area contributed by atoms with Crippen LogP contribution in [0.15, 0.2) is 41.7 Å². The number of aromatic nitrogens is 2. The van der Waals surface area contributed by atoms with Crippen molar-refractivity contribution in [1.82, 2.24) is 14.3 Å². The summed E-state index contributed by atoms with van der Waals surface area (Å²) in [5.74, 6) is -1.99. The van der Waals surface area contributed by atoms with Gasteiger partial charge in [-0.2, -0.15) is 17.5 Å². The Morgan fingerprint density at radius 1 is 1.16 bits per heavy atom. The number of carboxylic acids is 1. The van der Waals surface area contributed by atoms with Gasteiger partial charge in [0.25, 0.3) is 10.0 Å². The van der Waals surface area contributed by atoms with Crippen LogP contribution in [0.4, 0.5) is 13.2 Å². The molecule has 0 aliphatic carbocycles. The summed E-state index contributed by atoms with van der Waals surface area (Å²) in [5, 5.41) is 8.91. The average Bonchev–Trinajstić information content (AvgIpc) is 2.73. The summed E-state index contributed by atoms with van der Waals surface area (Å²) in [6.45, 7) is 1.04. The largest absolute Gasteiger partial charge is 0.480 e. The topological polar surface area (TPSA) is 136 Å². The Labute approximate surface area is 182 Å². The predicted octanol–water partition coefficient (Wildman–Crippen LogP) is 1.99. The van der Waals surface area contributed by atoms with Gasteiger partial charge in [0, 0.05) is 31.0 Å². The number of nitrogens with zero attached hydrogens (tertiary/aromatic N) is 3. The standard InChI is InChI=1S/C19H21F3N4O5S/c1-18(23,17(27)28)14-5-3-9-25-16(14)32(29,30)26-10-6-12(7-11-26)31-15-13(19(20,21)22)4-2-8-24-15/h2-5,8-9,12H,6-7,10-11,23H2,1H3,(H,27,28). The minimum atomic E-state index is -4.64. The lowest BCUT2D eigenvalue weighted by molar-refractivity contribution is -0.143. The average molecular weight is 474 g/mol. The molecule has 1 saturated heterocycles. The third kappa shape index (κ3) is 4.69. The molecule has 174 valence electrons. The number of alkyl halides is 3. The zero-order chi connectivity index (χ0) is 23.7. The van der Waals surface area contributed by atoms with E-state index in [0.29, 0.717) is 0 Å². The molecule has 0 aromatic carbocycles. The molecule has 1 unspecified atom stereocenters. The van der Waals surface area contributed by atoms with Crippen molar-refractivity contribution in [3.05, 3.63) is 47.8 Å². The normalized spacial score (nSPS) is 18.2. The van der Waals surface area contributed by atoms with E-state index in [0.717, 1.165) is 23.4 Å². The van der Waals surface area contributed by atoms with Gasteiger partial charge in [0.15, 0.2) is 5.03 Å². The lowest BCUT2D eigenvalue weighted by Crippen LogP contribution is -2.46. The highest BCUT2D eigenvalue weighted by Gasteiger charge is 2.40. The number of hydrogen-bond acceptors (Lipinski definition) is 7. The van der Waals surface area contributed by atoms with Crippen LogP contribution in [0.2, 0.25) is 0 Å². The number of hydrogen-bond donors (Lipinski definition) is 2. The van der Waals surface area contributed by atoms with E-state index >= 15 is 0 Å². The Morgan fingerprint density at radius 2 is 1.72 bits per heavy atom. The number of pyridine rings is 2. The van der Waals surface area contributed by atoms with Gasteiger partial charge in [0.2, 0.25) is 5.88 Å². The fraction of sp³-hybridized carbons (Fsp3) is 0.421. The first-order valence-corrected chi connectivity index (χ1v) is 11.0. The van der Waals surface area contributed by atoms with E-state index in [4.69, 9.17) is 10.5 Å². The first-order valence-electron chi connectivity index (χ1n) is 9.52. The number of nitrogens with two attached hydrogens (primary N) is 1. The Kier molecular flexibility index (Phi) is 6.45. The highest BCUT2D eigenvalue weighted by atomic mass is 32.2. The molecule has 1 aliphatic rings. The number of carbonyl (C=O) groups is 1. The molecule has 0 radical (unpaired) electrons. The maximum atomic E-state index is 13.1. The van der Waals surface area contributed by atoms with Crippen LogP contribution in [0.3, 0.4) is 0 Å². The van der Waals surface area contributed by atoms with Crippen molar-refractivity contribution >= 4 is 16.0 Å². The number of aliphatic carboxylic acids is 1. The molecule has 1 aliphatic heterocycles. The summed E-state index contributed by atoms with van der Waals surface area (Å²) >= 11 is 0. The van der Waals surface area contributed by atoms with Gasteiger partial charge < -0.3 is 15.6 Å². The van der Waals surface area contributed by atoms with E-state index in [9.17, 15) is 31.5 Å². The van der Waals surface area contributed by atoms with Gasteiger partial charge >= 0.3 is 12.1 Å². The fourth-order valence-corrected chi connectivity index (χ4v) is 4.97. The highest BCUT2D eigenvalue weighted by Crippen LogP contribution is 2.36. The maximum Gasteiger partial charge on any atom is 0.421 e. The molecule has 0 saturated carbocycles. The van der Waals surface area contributed by atoms with Crippen LogP contribution in [-0.4, -0.2) is 53.0 Å². The Bertz CT molecular complexity index is 1100. The maximum absolute atomic E-state index is 13.1. The van der Waals surface area contributed by atoms with E-state index in [-0.39, 0.29) is 31.5 Å². The predicted molar refractivity (Wildman–Crippen MR) is 105 cm³/mol. The fourth-order valence-electron chi connectivity index (χ4n) is 3.28. The second-order valence-electron chi connectivity index (χ2n) is 7.44. The molecule has 0 amide bonds. The van der Waals surface area contributed by atoms with Crippen molar-refractivity contribution in [3.8, 4) is 5.88 Å². The summed E-state index contributed by atoms with van der Waals surface area (Å²) in [6.07, 6.45) is -2.72. The van der Waals surface area contributed by atoms with Gasteiger partial charge in [-0.25, -0.2) is 23.2 Å². The van der Waals surface area contributed by atoms with Gasteiger partial charge in [-0.3, -0.25) is 0 Å². The number of halogens is 3. The molecule has 2 aromatic rings. The first kappa shape index (κ1) is 23.9. The summed E-state index contributed by atoms with van der Waals surface area (Å²) in [5.41, 5.74) is 2.65. The molecule has 3 N–H and O–H groups in total. The van der Waals surface area contributed by atoms with Gasteiger partial charge in [-0.05, 0) is 38.0 Å². The second-order valence-corrected chi connectivity index (χ2v) is 9.29. The Balaban J connectivity index is 1.78. The van der Waals surface area contributed by atoms with E-state index in [1.165, 1.54) is 24.5 Å². The zero-order valence-electron chi connectivity index (χ0n) is 16.9. The van der Waals surface area contributed by atoms with Crippen LogP contribution in [0, 0.1) is 0 Å². The second kappa shape index (κ2) is 8.64. The number of piperidine rings is 1. The lowest BCUT2D eigenvalue weighted by Gasteiger charge is -2.32. The molecule has 3 rings (SSSR count). The van der Waals surface area contributed by atoms with E-state index in [2.05, 4.69) is 9.97 Å². The molecule has 13 heteroatoms. The lowest BCUT2D eigenvalue weighted by atomic mass is 9.95. The molecule has 2 aromatic heterocycles. The van der Waals surface area contributed by atoms with Crippen molar-refractivity contribution in [2.45, 2.75) is 42.6 Å². The summed E-state index contributed by atoms with van der Waals surface area (Å²) in [4.78, 5) is 19.0. The van der Waals surface area contributed by atoms with Crippen LogP contribution in [-0.2, 0) is 26.5 Å². The molecule has 9 nitrogen and oxygen atoms in total. The molecule has 1 atom stereocenters. The Hall–Kier alpha value is -2.77. The third-order valence-electron chi connectivity index (χ3n) is 5.11. The third-order valence-corrected chi connectivity index (χ3v) is 6.97. The molecular formula is C19H21F3N4O5S. The smallest absolute Gasteiger partial charge is 0.421 e. The van der Waals surface area contributed by atoms with Crippen molar-refractivity contribution in [1.29, 1.82) is 0 Å². The van der Waals surface area contributed by atoms with Crippen molar-refractivity contribution in [2.75, 3.05) is 13.1 Å². The molecule has 3 heterocycles. The number of rotatable bonds is 6. The minimum Gasteiger partial charge on any atom is -0.480 e. The van der Waals surface area contributed by atoms with Crippen LogP contribution >= 0.6 is 0 Å². The van der Waals surface area contributed by atoms with E-state index < -0.39 is 50.3 Å². The monoisotopic (exact) mass is 474 g/mol. The zero-order valence-corrected chi connectivity index (χ0v) is 17.7. The van der Waals surface area contributed by atoms with Crippen molar-refractivity contribution < 1.29 is 36.2 Å². The van der Waals surface area contributed by atoms with Crippen LogP contribution in [0.1, 0.15) is 30.9 Å². The molecule has 32 heavy (non-hydrogen) atoms. The van der Waals surface area contributed by atoms with E-state index in [1.807, 2.05) is 0 Å². The first-order chi connectivity index (χ1) is 14.8. The van der Waals surface area contributed by atoms with Gasteiger partial charge in [-0.15, -0.1) is 0 Å². The SMILES string of the molecule is CC(N)(C(=O)O)c1cccnc1S(=O)(=O)N1CCC(Oc2ncccc2C(F)(F)F)CC1. The number of ether oxygens (including phenoxy) is 1. The molecule has 1 fully saturated rings. The van der Waals surface area contributed by atoms with Crippen molar-refractivity contribution in [3.63, 3.8) is 0 Å². The van der Waals surface area contributed by atoms with Crippen LogP contribution in [0.5, 0.6) is 5.88 Å². The van der Waals surface area contributed by atoms with Gasteiger partial charge in [0.1, 0.15) is 17.2 Å². The minimum absolute atomic E-state index is 0.0639. The van der Waals surface area contributed by atoms with Crippen molar-refractivity contribution in [2.24, 2.45) is 5.73 Å². The number of sulfonamides is 1. The summed E-state index contributed by atoms with van der Waals surface area (Å²) in [6, 6.07) is 4.67. The quantitative estimate of drug-likeness (QED) is 0.649. The molecular weight excluding hydrogens is 453 g/mol. The van der Waals surface area contributed by atoms with E-state index in [1.54, 1.807) is 0 Å². The van der Waals surface area contributed by atoms with Gasteiger partial charge in [0.05, 0.1) is 0 Å². The van der Waals surface area contributed by atoms with Crippen LogP contribution in [0.25, 0.3) is 0 Å². The number of carboxylic acid groups (broad SMARTS) is 1. The summed E-state index contributed by atoms with van der Waals surface area (Å²) in [7, 11) is -4.21. The Morgan fingerprint density at radius 3 is 2.28 bits per heavy atom. The highest BCUT2D eigenvalue weighted by molar-refractivity contribution is 7.89. The van der Waals surface area contributed by atoms with Crippen LogP contribution < -0.4 is 10.5 Å². The van der Waals surface area contributed by atoms with Gasteiger partial charge in [-0.1, -0.05) is 6.07 Å². The molecule has 0 bridgehead atoms.